The zero-order chi connectivity index (χ0) is 27.1. The fraction of sp³-hybridized carbons (Fsp3) is 0.233. The van der Waals surface area contributed by atoms with Gasteiger partial charge in [0.15, 0.2) is 5.76 Å². The SMILES string of the molecule is CCOC(=O)C(C)c1ccc(-c2ccc(-c3noc(C)c3NC(=O)OCCc3ccccc3Cl)cc2)cc1. The first-order valence-electron chi connectivity index (χ1n) is 12.4. The standard InChI is InChI=1S/C30H29ClN2O5/c1-4-36-29(34)19(2)21-9-11-22(12-10-21)23-13-15-25(16-14-23)28-27(20(3)38-33-28)32-30(35)37-18-17-24-7-5-6-8-26(24)31/h5-16,19H,4,17-18H2,1-3H3,(H,32,35). The molecule has 0 radical (unpaired) electrons. The lowest BCUT2D eigenvalue weighted by atomic mass is 9.97. The van der Waals surface area contributed by atoms with Crippen molar-refractivity contribution < 1.29 is 23.6 Å². The summed E-state index contributed by atoms with van der Waals surface area (Å²) in [6.07, 6.45) is -0.0920. The van der Waals surface area contributed by atoms with Gasteiger partial charge in [0.05, 0.1) is 19.1 Å². The molecule has 38 heavy (non-hydrogen) atoms. The molecule has 0 spiro atoms. The summed E-state index contributed by atoms with van der Waals surface area (Å²) in [6.45, 7) is 5.90. The molecule has 0 aliphatic heterocycles. The lowest BCUT2D eigenvalue weighted by Gasteiger charge is -2.12. The normalized spacial score (nSPS) is 11.6. The fourth-order valence-electron chi connectivity index (χ4n) is 4.00. The van der Waals surface area contributed by atoms with Crippen molar-refractivity contribution in [3.63, 3.8) is 0 Å². The van der Waals surface area contributed by atoms with Crippen LogP contribution in [0.5, 0.6) is 0 Å². The molecule has 8 heteroatoms. The molecule has 1 atom stereocenters. The highest BCUT2D eigenvalue weighted by molar-refractivity contribution is 6.31. The molecular formula is C30H29ClN2O5. The van der Waals surface area contributed by atoms with Crippen molar-refractivity contribution in [3.8, 4) is 22.4 Å². The number of benzene rings is 3. The number of carbonyl (C=O) groups excluding carboxylic acids is 2. The van der Waals surface area contributed by atoms with Gasteiger partial charge < -0.3 is 14.0 Å². The Hall–Kier alpha value is -4.10. The van der Waals surface area contributed by atoms with E-state index in [1.54, 1.807) is 19.9 Å². The molecule has 1 N–H and O–H groups in total. The molecule has 7 nitrogen and oxygen atoms in total. The molecule has 3 aromatic carbocycles. The Kier molecular flexibility index (Phi) is 8.81. The summed E-state index contributed by atoms with van der Waals surface area (Å²) in [7, 11) is 0. The smallest absolute Gasteiger partial charge is 0.411 e. The number of aryl methyl sites for hydroxylation is 1. The van der Waals surface area contributed by atoms with E-state index in [1.165, 1.54) is 0 Å². The average Bonchev–Trinajstić information content (AvgIpc) is 3.29. The molecule has 1 unspecified atom stereocenters. The van der Waals surface area contributed by atoms with Crippen LogP contribution in [0, 0.1) is 6.92 Å². The number of hydrogen-bond acceptors (Lipinski definition) is 6. The Morgan fingerprint density at radius 3 is 2.24 bits per heavy atom. The van der Waals surface area contributed by atoms with E-state index in [4.69, 9.17) is 25.6 Å². The Balaban J connectivity index is 1.41. The van der Waals surface area contributed by atoms with Crippen LogP contribution in [-0.2, 0) is 20.7 Å². The number of anilines is 1. The molecule has 0 fully saturated rings. The van der Waals surface area contributed by atoms with Gasteiger partial charge in [0.25, 0.3) is 0 Å². The number of ether oxygens (including phenoxy) is 2. The molecule has 0 saturated heterocycles. The van der Waals surface area contributed by atoms with Crippen LogP contribution >= 0.6 is 11.6 Å². The van der Waals surface area contributed by atoms with Crippen LogP contribution in [0.1, 0.15) is 36.7 Å². The van der Waals surface area contributed by atoms with Crippen LogP contribution in [0.3, 0.4) is 0 Å². The van der Waals surface area contributed by atoms with Crippen molar-refractivity contribution >= 4 is 29.4 Å². The van der Waals surface area contributed by atoms with Gasteiger partial charge >= 0.3 is 12.1 Å². The largest absolute Gasteiger partial charge is 0.466 e. The number of carbonyl (C=O) groups is 2. The first-order chi connectivity index (χ1) is 18.4. The topological polar surface area (TPSA) is 90.7 Å². The number of rotatable bonds is 9. The van der Waals surface area contributed by atoms with Crippen LogP contribution in [0.2, 0.25) is 5.02 Å². The van der Waals surface area contributed by atoms with E-state index in [0.29, 0.717) is 35.2 Å². The molecule has 1 amide bonds. The van der Waals surface area contributed by atoms with Gasteiger partial charge in [-0.2, -0.15) is 0 Å². The van der Waals surface area contributed by atoms with Gasteiger partial charge in [-0.25, -0.2) is 4.79 Å². The minimum absolute atomic E-state index is 0.182. The molecule has 1 aromatic heterocycles. The Morgan fingerprint density at radius 2 is 1.58 bits per heavy atom. The second kappa shape index (κ2) is 12.4. The number of nitrogens with zero attached hydrogens (tertiary/aromatic N) is 1. The summed E-state index contributed by atoms with van der Waals surface area (Å²) in [5, 5.41) is 7.53. The van der Waals surface area contributed by atoms with Crippen molar-refractivity contribution in [3.05, 3.63) is 94.7 Å². The van der Waals surface area contributed by atoms with Crippen molar-refractivity contribution in [2.75, 3.05) is 18.5 Å². The summed E-state index contributed by atoms with van der Waals surface area (Å²) in [5.41, 5.74) is 5.56. The highest BCUT2D eigenvalue weighted by atomic mass is 35.5. The number of halogens is 1. The van der Waals surface area contributed by atoms with Gasteiger partial charge in [-0.15, -0.1) is 0 Å². The molecular weight excluding hydrogens is 504 g/mol. The van der Waals surface area contributed by atoms with E-state index in [-0.39, 0.29) is 18.5 Å². The Bertz CT molecular complexity index is 1400. The van der Waals surface area contributed by atoms with E-state index in [2.05, 4.69) is 10.5 Å². The number of esters is 1. The summed E-state index contributed by atoms with van der Waals surface area (Å²) in [6, 6.07) is 23.0. The first kappa shape index (κ1) is 26.9. The number of aromatic nitrogens is 1. The Labute approximate surface area is 226 Å². The maximum atomic E-state index is 12.4. The number of amides is 1. The molecule has 0 aliphatic carbocycles. The first-order valence-corrected chi connectivity index (χ1v) is 12.8. The number of hydrogen-bond donors (Lipinski definition) is 1. The van der Waals surface area contributed by atoms with Crippen LogP contribution in [0.4, 0.5) is 10.5 Å². The molecule has 0 bridgehead atoms. The van der Waals surface area contributed by atoms with Crippen LogP contribution in [-0.4, -0.2) is 30.4 Å². The van der Waals surface area contributed by atoms with E-state index in [0.717, 1.165) is 27.8 Å². The van der Waals surface area contributed by atoms with E-state index < -0.39 is 6.09 Å². The molecule has 196 valence electrons. The average molecular weight is 533 g/mol. The molecule has 4 aromatic rings. The molecule has 4 rings (SSSR count). The molecule has 0 saturated carbocycles. The highest BCUT2D eigenvalue weighted by Crippen LogP contribution is 2.32. The predicted molar refractivity (Wildman–Crippen MR) is 147 cm³/mol. The Morgan fingerprint density at radius 1 is 0.947 bits per heavy atom. The monoisotopic (exact) mass is 532 g/mol. The minimum Gasteiger partial charge on any atom is -0.466 e. The summed E-state index contributed by atoms with van der Waals surface area (Å²) in [4.78, 5) is 24.5. The maximum Gasteiger partial charge on any atom is 0.411 e. The lowest BCUT2D eigenvalue weighted by Crippen LogP contribution is -2.16. The number of nitrogens with one attached hydrogen (secondary N) is 1. The fourth-order valence-corrected chi connectivity index (χ4v) is 4.23. The second-order valence-electron chi connectivity index (χ2n) is 8.74. The van der Waals surface area contributed by atoms with Gasteiger partial charge in [-0.05, 0) is 49.1 Å². The van der Waals surface area contributed by atoms with E-state index in [1.807, 2.05) is 73.7 Å². The second-order valence-corrected chi connectivity index (χ2v) is 9.14. The van der Waals surface area contributed by atoms with Gasteiger partial charge in [-0.1, -0.05) is 83.5 Å². The summed E-state index contributed by atoms with van der Waals surface area (Å²) >= 11 is 6.16. The molecule has 0 aliphatic rings. The highest BCUT2D eigenvalue weighted by Gasteiger charge is 2.19. The van der Waals surface area contributed by atoms with Crippen LogP contribution < -0.4 is 5.32 Å². The summed E-state index contributed by atoms with van der Waals surface area (Å²) < 4.78 is 15.8. The van der Waals surface area contributed by atoms with Crippen LogP contribution in [0.15, 0.2) is 77.3 Å². The molecule has 1 heterocycles. The van der Waals surface area contributed by atoms with Gasteiger partial charge in [0.1, 0.15) is 11.4 Å². The van der Waals surface area contributed by atoms with E-state index in [9.17, 15) is 9.59 Å². The van der Waals surface area contributed by atoms with Crippen LogP contribution in [0.25, 0.3) is 22.4 Å². The third kappa shape index (κ3) is 6.42. The quantitative estimate of drug-likeness (QED) is 0.225. The maximum absolute atomic E-state index is 12.4. The zero-order valence-electron chi connectivity index (χ0n) is 21.5. The van der Waals surface area contributed by atoms with Crippen molar-refractivity contribution in [1.29, 1.82) is 0 Å². The third-order valence-electron chi connectivity index (χ3n) is 6.19. The van der Waals surface area contributed by atoms with Gasteiger partial charge in [0, 0.05) is 17.0 Å². The van der Waals surface area contributed by atoms with Crippen molar-refractivity contribution in [1.82, 2.24) is 5.16 Å². The van der Waals surface area contributed by atoms with Crippen molar-refractivity contribution in [2.24, 2.45) is 0 Å². The zero-order valence-corrected chi connectivity index (χ0v) is 22.2. The third-order valence-corrected chi connectivity index (χ3v) is 6.56. The predicted octanol–water partition coefficient (Wildman–Crippen LogP) is 7.43. The minimum atomic E-state index is -0.599. The van der Waals surface area contributed by atoms with E-state index >= 15 is 0 Å². The van der Waals surface area contributed by atoms with Gasteiger partial charge in [0.2, 0.25) is 0 Å². The van der Waals surface area contributed by atoms with Gasteiger partial charge in [-0.3, -0.25) is 10.1 Å². The summed E-state index contributed by atoms with van der Waals surface area (Å²) in [5.74, 6) is -0.0876. The van der Waals surface area contributed by atoms with Crippen molar-refractivity contribution in [2.45, 2.75) is 33.1 Å². The lowest BCUT2D eigenvalue weighted by molar-refractivity contribution is -0.144.